The Labute approximate surface area is 175 Å². The van der Waals surface area contributed by atoms with Crippen LogP contribution in [0.3, 0.4) is 0 Å². The molecular weight excluding hydrogens is 390 g/mol. The number of nitriles is 1. The first-order chi connectivity index (χ1) is 13.9. The van der Waals surface area contributed by atoms with Crippen molar-refractivity contribution in [2.75, 3.05) is 11.9 Å². The summed E-state index contributed by atoms with van der Waals surface area (Å²) in [5.41, 5.74) is 1.05. The van der Waals surface area contributed by atoms with Crippen molar-refractivity contribution < 1.29 is 14.3 Å². The fraction of sp³-hybridized carbons (Fsp3) is 0.318. The van der Waals surface area contributed by atoms with E-state index in [2.05, 4.69) is 16.7 Å². The zero-order valence-electron chi connectivity index (χ0n) is 16.4. The molecule has 0 saturated heterocycles. The number of hydrogen-bond donors (Lipinski definition) is 2. The van der Waals surface area contributed by atoms with Crippen LogP contribution < -0.4 is 15.4 Å². The molecule has 2 N–H and O–H groups in total. The van der Waals surface area contributed by atoms with Gasteiger partial charge in [0, 0.05) is 23.7 Å². The molecule has 7 heteroatoms. The first-order valence-corrected chi connectivity index (χ1v) is 9.77. The van der Waals surface area contributed by atoms with E-state index in [1.54, 1.807) is 48.5 Å². The quantitative estimate of drug-likeness (QED) is 0.604. The number of carbonyl (C=O) groups is 2. The first-order valence-electron chi connectivity index (χ1n) is 9.39. The van der Waals surface area contributed by atoms with Crippen molar-refractivity contribution in [1.82, 2.24) is 5.32 Å². The highest BCUT2D eigenvalue weighted by atomic mass is 35.5. The van der Waals surface area contributed by atoms with Crippen molar-refractivity contribution in [1.29, 1.82) is 5.26 Å². The van der Waals surface area contributed by atoms with Crippen molar-refractivity contribution >= 4 is 29.1 Å². The van der Waals surface area contributed by atoms with Crippen molar-refractivity contribution in [2.45, 2.75) is 32.8 Å². The monoisotopic (exact) mass is 413 g/mol. The third kappa shape index (κ3) is 7.13. The Hall–Kier alpha value is -3.04. The molecule has 0 fully saturated rings. The standard InChI is InChI=1S/C22H24ClN3O3/c1-15(2)21(29-19-7-4-3-6-16(19)14-24)22(28)25-13-5-8-20(27)26-18-11-9-17(23)10-12-18/h3-4,6-7,9-12,15,21H,5,8,13H2,1-2H3,(H,25,28)(H,26,27). The van der Waals surface area contributed by atoms with Crippen molar-refractivity contribution in [2.24, 2.45) is 5.92 Å². The second kappa shape index (κ2) is 11.1. The maximum absolute atomic E-state index is 12.5. The van der Waals surface area contributed by atoms with Crippen LogP contribution in [0.1, 0.15) is 32.3 Å². The molecule has 0 aliphatic heterocycles. The number of anilines is 1. The Bertz CT molecular complexity index is 876. The molecule has 1 atom stereocenters. The maximum atomic E-state index is 12.5. The Morgan fingerprint density at radius 3 is 2.48 bits per heavy atom. The number of benzene rings is 2. The van der Waals surface area contributed by atoms with E-state index in [0.29, 0.717) is 35.0 Å². The van der Waals surface area contributed by atoms with Gasteiger partial charge >= 0.3 is 0 Å². The van der Waals surface area contributed by atoms with Gasteiger partial charge in [0.15, 0.2) is 6.10 Å². The van der Waals surface area contributed by atoms with Crippen LogP contribution in [0.4, 0.5) is 5.69 Å². The summed E-state index contributed by atoms with van der Waals surface area (Å²) >= 11 is 5.82. The Balaban J connectivity index is 1.80. The maximum Gasteiger partial charge on any atom is 0.261 e. The van der Waals surface area contributed by atoms with Crippen molar-refractivity contribution in [3.63, 3.8) is 0 Å². The lowest BCUT2D eigenvalue weighted by Crippen LogP contribution is -2.42. The average Bonchev–Trinajstić information content (AvgIpc) is 2.71. The number of nitrogens with one attached hydrogen (secondary N) is 2. The zero-order valence-corrected chi connectivity index (χ0v) is 17.2. The van der Waals surface area contributed by atoms with Gasteiger partial charge in [-0.3, -0.25) is 9.59 Å². The third-order valence-corrected chi connectivity index (χ3v) is 4.39. The van der Waals surface area contributed by atoms with E-state index < -0.39 is 6.10 Å². The highest BCUT2D eigenvalue weighted by Gasteiger charge is 2.24. The van der Waals surface area contributed by atoms with Gasteiger partial charge in [-0.15, -0.1) is 0 Å². The minimum atomic E-state index is -0.729. The Kier molecular flexibility index (Phi) is 8.50. The highest BCUT2D eigenvalue weighted by molar-refractivity contribution is 6.30. The summed E-state index contributed by atoms with van der Waals surface area (Å²) < 4.78 is 5.80. The van der Waals surface area contributed by atoms with Gasteiger partial charge in [0.2, 0.25) is 5.91 Å². The van der Waals surface area contributed by atoms with Gasteiger partial charge < -0.3 is 15.4 Å². The number of ether oxygens (including phenoxy) is 1. The summed E-state index contributed by atoms with van der Waals surface area (Å²) in [5.74, 6) is -0.117. The summed E-state index contributed by atoms with van der Waals surface area (Å²) in [4.78, 5) is 24.5. The van der Waals surface area contributed by atoms with Crippen LogP contribution in [0.2, 0.25) is 5.02 Å². The van der Waals surface area contributed by atoms with Gasteiger partial charge in [0.1, 0.15) is 11.8 Å². The average molecular weight is 414 g/mol. The fourth-order valence-corrected chi connectivity index (χ4v) is 2.73. The number of amides is 2. The number of carbonyl (C=O) groups excluding carboxylic acids is 2. The van der Waals surface area contributed by atoms with Crippen LogP contribution in [0.25, 0.3) is 0 Å². The lowest BCUT2D eigenvalue weighted by molar-refractivity contribution is -0.130. The van der Waals surface area contributed by atoms with Gasteiger partial charge in [0.05, 0.1) is 5.56 Å². The van der Waals surface area contributed by atoms with Crippen molar-refractivity contribution in [3.8, 4) is 11.8 Å². The van der Waals surface area contributed by atoms with Gasteiger partial charge in [-0.05, 0) is 48.7 Å². The molecule has 2 rings (SSSR count). The largest absolute Gasteiger partial charge is 0.479 e. The predicted molar refractivity (Wildman–Crippen MR) is 113 cm³/mol. The molecule has 0 bridgehead atoms. The molecule has 0 aromatic heterocycles. The van der Waals surface area contributed by atoms with Crippen LogP contribution in [-0.2, 0) is 9.59 Å². The molecule has 2 aromatic carbocycles. The third-order valence-electron chi connectivity index (χ3n) is 4.13. The molecular formula is C22H24ClN3O3. The molecule has 0 saturated carbocycles. The van der Waals surface area contributed by atoms with Crippen molar-refractivity contribution in [3.05, 3.63) is 59.1 Å². The van der Waals surface area contributed by atoms with E-state index in [-0.39, 0.29) is 24.2 Å². The van der Waals surface area contributed by atoms with Crippen LogP contribution in [0, 0.1) is 17.2 Å². The van der Waals surface area contributed by atoms with E-state index in [0.717, 1.165) is 0 Å². The molecule has 0 aliphatic carbocycles. The molecule has 2 amide bonds. The van der Waals surface area contributed by atoms with Crippen LogP contribution in [0.5, 0.6) is 5.75 Å². The fourth-order valence-electron chi connectivity index (χ4n) is 2.61. The second-order valence-corrected chi connectivity index (χ2v) is 7.28. The van der Waals surface area contributed by atoms with E-state index in [1.165, 1.54) is 0 Å². The summed E-state index contributed by atoms with van der Waals surface area (Å²) in [6.07, 6.45) is 0.0328. The highest BCUT2D eigenvalue weighted by Crippen LogP contribution is 2.21. The first kappa shape index (κ1) is 22.3. The molecule has 0 radical (unpaired) electrons. The molecule has 29 heavy (non-hydrogen) atoms. The minimum absolute atomic E-state index is 0.0880. The van der Waals surface area contributed by atoms with E-state index in [1.807, 2.05) is 13.8 Å². The number of halogens is 1. The van der Waals surface area contributed by atoms with Crippen LogP contribution in [0.15, 0.2) is 48.5 Å². The zero-order chi connectivity index (χ0) is 21.2. The van der Waals surface area contributed by atoms with Crippen LogP contribution in [-0.4, -0.2) is 24.5 Å². The topological polar surface area (TPSA) is 91.2 Å². The van der Waals surface area contributed by atoms with Gasteiger partial charge in [0.25, 0.3) is 5.91 Å². The molecule has 152 valence electrons. The SMILES string of the molecule is CC(C)C(Oc1ccccc1C#N)C(=O)NCCCC(=O)Nc1ccc(Cl)cc1. The minimum Gasteiger partial charge on any atom is -0.479 e. The van der Waals surface area contributed by atoms with E-state index in [9.17, 15) is 14.9 Å². The van der Waals surface area contributed by atoms with E-state index >= 15 is 0 Å². The number of nitrogens with zero attached hydrogens (tertiary/aromatic N) is 1. The normalized spacial score (nSPS) is 11.4. The molecule has 0 heterocycles. The summed E-state index contributed by atoms with van der Waals surface area (Å²) in [7, 11) is 0. The number of hydrogen-bond acceptors (Lipinski definition) is 4. The van der Waals surface area contributed by atoms with Gasteiger partial charge in [-0.2, -0.15) is 5.26 Å². The molecule has 0 aliphatic rings. The van der Waals surface area contributed by atoms with Crippen LogP contribution >= 0.6 is 11.6 Å². The smallest absolute Gasteiger partial charge is 0.261 e. The van der Waals surface area contributed by atoms with E-state index in [4.69, 9.17) is 16.3 Å². The lowest BCUT2D eigenvalue weighted by atomic mass is 10.1. The predicted octanol–water partition coefficient (Wildman–Crippen LogP) is 4.15. The van der Waals surface area contributed by atoms with Gasteiger partial charge in [-0.1, -0.05) is 37.6 Å². The second-order valence-electron chi connectivity index (χ2n) is 6.84. The molecule has 0 spiro atoms. The summed E-state index contributed by atoms with van der Waals surface area (Å²) in [6.45, 7) is 4.09. The summed E-state index contributed by atoms with van der Waals surface area (Å²) in [6, 6.07) is 15.7. The summed E-state index contributed by atoms with van der Waals surface area (Å²) in [5, 5.41) is 15.4. The number of para-hydroxylation sites is 1. The lowest BCUT2D eigenvalue weighted by Gasteiger charge is -2.22. The number of rotatable bonds is 9. The molecule has 2 aromatic rings. The van der Waals surface area contributed by atoms with Gasteiger partial charge in [-0.25, -0.2) is 0 Å². The Morgan fingerprint density at radius 2 is 1.83 bits per heavy atom. The molecule has 1 unspecified atom stereocenters. The Morgan fingerprint density at radius 1 is 1.14 bits per heavy atom. The molecule has 6 nitrogen and oxygen atoms in total.